The average Bonchev–Trinajstić information content (AvgIpc) is 3.60. The summed E-state index contributed by atoms with van der Waals surface area (Å²) in [4.78, 5) is 25.3. The molecule has 0 radical (unpaired) electrons. The van der Waals surface area contributed by atoms with Gasteiger partial charge in [0.25, 0.3) is 5.56 Å². The van der Waals surface area contributed by atoms with E-state index in [1.54, 1.807) is 4.57 Å². The first-order chi connectivity index (χ1) is 13.8. The molecule has 29 heavy (non-hydrogen) atoms. The minimum atomic E-state index is -0.645. The highest BCUT2D eigenvalue weighted by Crippen LogP contribution is 2.66. The van der Waals surface area contributed by atoms with Gasteiger partial charge in [-0.25, -0.2) is 9.18 Å². The first-order valence-corrected chi connectivity index (χ1v) is 10.5. The maximum absolute atomic E-state index is 15.4. The Bertz CT molecular complexity index is 1130. The molecule has 5 rings (SSSR count). The third-order valence-electron chi connectivity index (χ3n) is 7.55. The quantitative estimate of drug-likeness (QED) is 0.668. The Kier molecular flexibility index (Phi) is 3.99. The molecule has 2 heterocycles. The summed E-state index contributed by atoms with van der Waals surface area (Å²) in [5, 5.41) is 3.60. The summed E-state index contributed by atoms with van der Waals surface area (Å²) in [6.45, 7) is 5.58. The highest BCUT2D eigenvalue weighted by atomic mass is 19.1. The second-order valence-corrected chi connectivity index (χ2v) is 9.15. The summed E-state index contributed by atoms with van der Waals surface area (Å²) in [5.41, 5.74) is 7.03. The molecule has 5 N–H and O–H groups in total. The van der Waals surface area contributed by atoms with E-state index in [0.717, 1.165) is 38.8 Å². The van der Waals surface area contributed by atoms with Gasteiger partial charge in [-0.2, -0.15) is 4.68 Å². The van der Waals surface area contributed by atoms with Crippen molar-refractivity contribution >= 4 is 10.9 Å². The molecule has 1 aromatic heterocycles. The molecule has 2 aliphatic carbocycles. The van der Waals surface area contributed by atoms with Crippen LogP contribution >= 0.6 is 0 Å². The van der Waals surface area contributed by atoms with Crippen molar-refractivity contribution in [2.24, 2.45) is 17.1 Å². The molecule has 1 spiro atoms. The van der Waals surface area contributed by atoms with E-state index in [-0.39, 0.29) is 34.6 Å². The van der Waals surface area contributed by atoms with Crippen LogP contribution in [0.3, 0.4) is 0 Å². The van der Waals surface area contributed by atoms with Crippen molar-refractivity contribution in [3.63, 3.8) is 0 Å². The van der Waals surface area contributed by atoms with Gasteiger partial charge in [0.15, 0.2) is 0 Å². The Balaban J connectivity index is 1.73. The molecule has 0 bridgehead atoms. The largest absolute Gasteiger partial charge is 0.350 e. The van der Waals surface area contributed by atoms with Crippen LogP contribution in [-0.2, 0) is 0 Å². The van der Waals surface area contributed by atoms with E-state index < -0.39 is 11.2 Å². The molecule has 1 aromatic carbocycles. The van der Waals surface area contributed by atoms with Gasteiger partial charge in [-0.3, -0.25) is 9.36 Å². The first kappa shape index (κ1) is 18.8. The van der Waals surface area contributed by atoms with Crippen molar-refractivity contribution in [3.05, 3.63) is 43.8 Å². The van der Waals surface area contributed by atoms with Crippen molar-refractivity contribution in [2.45, 2.75) is 57.5 Å². The Morgan fingerprint density at radius 2 is 2.07 bits per heavy atom. The lowest BCUT2D eigenvalue weighted by molar-refractivity contribution is 0.186. The fourth-order valence-corrected chi connectivity index (χ4v) is 5.98. The second kappa shape index (κ2) is 6.15. The molecule has 7 nitrogen and oxygen atoms in total. The third kappa shape index (κ3) is 2.48. The molecule has 1 saturated heterocycles. The molecule has 4 atom stereocenters. The summed E-state index contributed by atoms with van der Waals surface area (Å²) in [6, 6.07) is 1.36. The van der Waals surface area contributed by atoms with Crippen LogP contribution in [0.15, 0.2) is 15.7 Å². The van der Waals surface area contributed by atoms with Crippen molar-refractivity contribution in [1.29, 1.82) is 0 Å². The number of hydrogen-bond acceptors (Lipinski definition) is 5. The maximum Gasteiger partial charge on any atom is 0.350 e. The van der Waals surface area contributed by atoms with Crippen LogP contribution in [0.5, 0.6) is 0 Å². The Morgan fingerprint density at radius 1 is 1.34 bits per heavy atom. The topological polar surface area (TPSA) is 108 Å². The van der Waals surface area contributed by atoms with Crippen molar-refractivity contribution in [3.8, 4) is 0 Å². The number of nitrogen functional groups attached to an aromatic ring is 1. The fourth-order valence-electron chi connectivity index (χ4n) is 5.98. The minimum Gasteiger partial charge on any atom is -0.332 e. The lowest BCUT2D eigenvalue weighted by atomic mass is 9.75. The van der Waals surface area contributed by atoms with E-state index in [1.807, 2.05) is 6.92 Å². The van der Waals surface area contributed by atoms with Crippen LogP contribution < -0.4 is 28.1 Å². The molecule has 3 aliphatic rings. The zero-order valence-corrected chi connectivity index (χ0v) is 16.9. The van der Waals surface area contributed by atoms with Crippen LogP contribution in [0.2, 0.25) is 0 Å². The number of benzene rings is 1. The normalized spacial score (nSPS) is 31.5. The molecule has 156 valence electrons. The number of fused-ring (bicyclic) bond motifs is 1. The number of aromatic nitrogens is 2. The van der Waals surface area contributed by atoms with E-state index in [4.69, 9.17) is 11.6 Å². The van der Waals surface area contributed by atoms with Crippen LogP contribution in [-0.4, -0.2) is 28.4 Å². The number of aryl methyl sites for hydroxylation is 1. The van der Waals surface area contributed by atoms with Crippen molar-refractivity contribution in [1.82, 2.24) is 14.6 Å². The van der Waals surface area contributed by atoms with Gasteiger partial charge in [0.1, 0.15) is 5.82 Å². The maximum atomic E-state index is 15.4. The highest BCUT2D eigenvalue weighted by Gasteiger charge is 2.62. The van der Waals surface area contributed by atoms with Gasteiger partial charge in [-0.05, 0) is 60.6 Å². The van der Waals surface area contributed by atoms with Gasteiger partial charge >= 0.3 is 5.69 Å². The number of nitrogens with zero attached hydrogens (tertiary/aromatic N) is 2. The molecular weight excluding hydrogens is 373 g/mol. The van der Waals surface area contributed by atoms with Crippen molar-refractivity contribution < 1.29 is 4.39 Å². The fraction of sp³-hybridized carbons (Fsp3) is 0.619. The number of nitrogens with one attached hydrogen (secondary N) is 1. The predicted octanol–water partition coefficient (Wildman–Crippen LogP) is 1.09. The van der Waals surface area contributed by atoms with Gasteiger partial charge in [-0.15, -0.1) is 0 Å². The molecule has 2 saturated carbocycles. The number of rotatable bonds is 3. The van der Waals surface area contributed by atoms with E-state index in [0.29, 0.717) is 27.2 Å². The summed E-state index contributed by atoms with van der Waals surface area (Å²) in [6.07, 6.45) is 3.56. The van der Waals surface area contributed by atoms with Crippen LogP contribution in [0.25, 0.3) is 10.9 Å². The molecule has 8 heteroatoms. The Morgan fingerprint density at radius 3 is 2.72 bits per heavy atom. The Hall–Kier alpha value is -2.19. The smallest absolute Gasteiger partial charge is 0.332 e. The zero-order valence-electron chi connectivity index (χ0n) is 16.9. The predicted molar refractivity (Wildman–Crippen MR) is 110 cm³/mol. The summed E-state index contributed by atoms with van der Waals surface area (Å²) in [7, 11) is 0. The van der Waals surface area contributed by atoms with Gasteiger partial charge in [0.05, 0.1) is 10.9 Å². The lowest BCUT2D eigenvalue weighted by Crippen LogP contribution is -2.52. The van der Waals surface area contributed by atoms with Crippen LogP contribution in [0.1, 0.15) is 55.7 Å². The van der Waals surface area contributed by atoms with E-state index in [1.165, 1.54) is 6.07 Å². The molecule has 2 aromatic rings. The summed E-state index contributed by atoms with van der Waals surface area (Å²) < 4.78 is 17.6. The third-order valence-corrected chi connectivity index (χ3v) is 7.55. The van der Waals surface area contributed by atoms with Crippen molar-refractivity contribution in [2.75, 3.05) is 18.9 Å². The molecule has 0 amide bonds. The minimum absolute atomic E-state index is 0.0266. The number of hydrogen-bond donors (Lipinski definition) is 3. The average molecular weight is 401 g/mol. The number of piperidine rings is 1. The number of halogens is 1. The molecule has 1 aliphatic heterocycles. The van der Waals surface area contributed by atoms with Crippen LogP contribution in [0.4, 0.5) is 4.39 Å². The molecule has 3 unspecified atom stereocenters. The van der Waals surface area contributed by atoms with E-state index in [2.05, 4.69) is 12.2 Å². The van der Waals surface area contributed by atoms with Gasteiger partial charge in [0, 0.05) is 25.2 Å². The second-order valence-electron chi connectivity index (χ2n) is 9.15. The molecule has 3 fully saturated rings. The summed E-state index contributed by atoms with van der Waals surface area (Å²) >= 11 is 0. The number of nitrogens with two attached hydrogens (primary N) is 2. The highest BCUT2D eigenvalue weighted by molar-refractivity contribution is 5.83. The van der Waals surface area contributed by atoms with E-state index in [9.17, 15) is 9.59 Å². The molecular formula is C21H28FN5O2. The van der Waals surface area contributed by atoms with Gasteiger partial charge in [-0.1, -0.05) is 13.3 Å². The monoisotopic (exact) mass is 401 g/mol. The standard InChI is InChI=1S/C21H28FN5O2/c1-3-13-16(23)8-25-9-21(13)7-14(21)17-10(2)18-12(6-15(17)22)19(28)27(24)20(29)26(18)11-4-5-11/h6,11,13-14,16,25H,3-5,7-9,23-24H2,1-2H3/t13-,14?,16?,21?/m1/s1. The van der Waals surface area contributed by atoms with Gasteiger partial charge < -0.3 is 16.9 Å². The zero-order chi connectivity index (χ0) is 20.7. The SMILES string of the molecule is CC[C@@H]1C(N)CNCC12CC2c1c(F)cc2c(=O)n(N)c(=O)n(C3CC3)c2c1C. The van der Waals surface area contributed by atoms with E-state index >= 15 is 4.39 Å². The van der Waals surface area contributed by atoms with Crippen LogP contribution in [0, 0.1) is 24.1 Å². The van der Waals surface area contributed by atoms with Gasteiger partial charge in [0.2, 0.25) is 0 Å². The first-order valence-electron chi connectivity index (χ1n) is 10.5. The summed E-state index contributed by atoms with van der Waals surface area (Å²) in [5.74, 6) is 5.69. The Labute approximate surface area is 167 Å². The lowest BCUT2D eigenvalue weighted by Gasteiger charge is -2.38.